The second-order valence-corrected chi connectivity index (χ2v) is 10.5. The standard InChI is InChI=1S/C21H31ClN5.2ClH.Lr.Mn/c22-15-11-16-13-25-20-7-3-1-5-18(20)23-9-10-24-19-6-2-4-8-21(19)26-14-17(12-15)27-16;;;;/h11-12,18,20-21,23-24H,1-10,13-14H2;2*1H;;/q-3;;;;+2/p-2/t18-,20-,21-;;;;/m1..../s1. The van der Waals surface area contributed by atoms with Crippen LogP contribution in [-0.2, 0) is 26.2 Å². The van der Waals surface area contributed by atoms with Crippen LogP contribution in [0.3, 0.4) is 0 Å². The van der Waals surface area contributed by atoms with Crippen LogP contribution in [0.25, 0.3) is 10.6 Å². The van der Waals surface area contributed by atoms with Crippen LogP contribution in [0.2, 0.25) is 5.02 Å². The first kappa shape index (κ1) is 26.6. The topological polar surface area (TPSA) is 65.2 Å². The maximum absolute atomic E-state index is 6.36. The number of pyridine rings is 1. The van der Waals surface area contributed by atoms with Gasteiger partial charge in [0.15, 0.2) is 0 Å². The molecule has 3 aliphatic rings. The molecule has 4 rings (SSSR count). The zero-order chi connectivity index (χ0) is 21.2. The van der Waals surface area contributed by atoms with Gasteiger partial charge in [-0.15, -0.1) is 19.1 Å². The molecule has 2 N–H and O–H groups in total. The van der Waals surface area contributed by atoms with Crippen molar-refractivity contribution in [1.82, 2.24) is 15.6 Å². The van der Waals surface area contributed by atoms with Crippen LogP contribution < -0.4 is 10.6 Å². The third kappa shape index (κ3) is 8.68. The van der Waals surface area contributed by atoms with Crippen molar-refractivity contribution >= 4 is 31.8 Å². The second-order valence-electron chi connectivity index (χ2n) is 8.13. The third-order valence-electron chi connectivity index (χ3n) is 6.05. The van der Waals surface area contributed by atoms with Crippen molar-refractivity contribution in [3.05, 3.63) is 45.2 Å². The molecule has 186 valence electrons. The Labute approximate surface area is 200 Å². The van der Waals surface area contributed by atoms with E-state index in [1.165, 1.54) is 44.6 Å². The van der Waals surface area contributed by atoms with Crippen LogP contribution in [0.5, 0.6) is 0 Å². The Bertz CT molecular complexity index is 597. The van der Waals surface area contributed by atoms with Gasteiger partial charge < -0.3 is 21.3 Å². The fourth-order valence-corrected chi connectivity index (χ4v) is 4.89. The molecule has 2 aliphatic carbocycles. The number of fused-ring (bicyclic) bond motifs is 4. The second kappa shape index (κ2) is 14.5. The van der Waals surface area contributed by atoms with E-state index in [0.717, 1.165) is 42.3 Å². The molecule has 1 aliphatic heterocycles. The maximum Gasteiger partial charge on any atom is 0 e. The fraction of sp³-hybridized carbons (Fsp3) is 0.714. The molecule has 0 amide bonds. The van der Waals surface area contributed by atoms with Gasteiger partial charge in [-0.1, -0.05) is 50.1 Å². The molecule has 0 spiro atoms. The summed E-state index contributed by atoms with van der Waals surface area (Å²) in [4.78, 5) is 4.80. The monoisotopic (exact) mass is 775 g/mol. The maximum atomic E-state index is 6.36. The van der Waals surface area contributed by atoms with Crippen LogP contribution in [-0.4, -0.2) is 36.2 Å². The van der Waals surface area contributed by atoms with Crippen LogP contribution in [0, 0.1) is 6.04 Å². The largest absolute Gasteiger partial charge is 0 e. The first-order chi connectivity index (χ1) is 14.7. The summed E-state index contributed by atoms with van der Waals surface area (Å²) >= 11 is 6.37. The summed E-state index contributed by atoms with van der Waals surface area (Å²) in [5.74, 6) is 0. The Hall–Kier alpha value is -0.621. The van der Waals surface area contributed by atoms with E-state index in [4.69, 9.17) is 47.4 Å². The molecule has 2 fully saturated rings. The normalized spacial score (nSPS) is 27.8. The summed E-state index contributed by atoms with van der Waals surface area (Å²) in [5, 5.41) is 18.2. The Morgan fingerprint density at radius 2 is 1.65 bits per heavy atom. The first-order valence-corrected chi connectivity index (χ1v) is 14.5. The van der Waals surface area contributed by atoms with Gasteiger partial charge >= 0.3 is 33.3 Å². The van der Waals surface area contributed by atoms with Crippen LogP contribution in [0.15, 0.2) is 12.1 Å². The van der Waals surface area contributed by atoms with Crippen molar-refractivity contribution in [1.29, 1.82) is 0 Å². The molecule has 0 aromatic carbocycles. The van der Waals surface area contributed by atoms with E-state index in [1.807, 2.05) is 12.1 Å². The zero-order valence-electron chi connectivity index (χ0n) is 17.5. The van der Waals surface area contributed by atoms with E-state index in [2.05, 4.69) is 10.6 Å². The number of nitrogens with zero attached hydrogens (tertiary/aromatic N) is 3. The fourth-order valence-electron chi connectivity index (χ4n) is 4.64. The quantitative estimate of drug-likeness (QED) is 0.258. The summed E-state index contributed by atoms with van der Waals surface area (Å²) in [6, 6.07) is 6.49. The summed E-state index contributed by atoms with van der Waals surface area (Å²) in [6.45, 7) is 3.25. The molecular formula is C21H31Cl3LrMnN5-3. The average molecular weight is 777 g/mol. The van der Waals surface area contributed by atoms with E-state index >= 15 is 0 Å². The minimum absolute atomic E-state index is 0. The molecule has 1 aromatic rings. The summed E-state index contributed by atoms with van der Waals surface area (Å²) in [7, 11) is 9.59. The molecule has 0 unspecified atom stereocenters. The predicted octanol–water partition coefficient (Wildman–Crippen LogP) is 5.84. The molecule has 10 heteroatoms. The van der Waals surface area contributed by atoms with Crippen molar-refractivity contribution in [3.8, 4) is 0 Å². The van der Waals surface area contributed by atoms with Crippen molar-refractivity contribution in [2.75, 3.05) is 13.1 Å². The number of nitrogens with one attached hydrogen (secondary N) is 2. The molecule has 2 heterocycles. The number of aromatic nitrogens is 1. The summed E-state index contributed by atoms with van der Waals surface area (Å²) in [6.07, 6.45) is 9.78. The van der Waals surface area contributed by atoms with Gasteiger partial charge in [-0.05, 0) is 31.1 Å². The summed E-state index contributed by atoms with van der Waals surface area (Å²) in [5.41, 5.74) is 1.93. The zero-order valence-corrected chi connectivity index (χ0v) is 23.1. The number of halogens is 3. The minimum Gasteiger partial charge on any atom is 0 e. The van der Waals surface area contributed by atoms with Crippen molar-refractivity contribution in [2.45, 2.75) is 82.6 Å². The van der Waals surface area contributed by atoms with E-state index in [1.54, 1.807) is 0 Å². The Kier molecular flexibility index (Phi) is 12.5. The summed E-state index contributed by atoms with van der Waals surface area (Å²) < 4.78 is 0. The Morgan fingerprint density at radius 3 is 2.42 bits per heavy atom. The van der Waals surface area contributed by atoms with Crippen LogP contribution in [0.4, 0.5) is 0 Å². The van der Waals surface area contributed by atoms with Gasteiger partial charge in [-0.3, -0.25) is 17.1 Å². The van der Waals surface area contributed by atoms with Gasteiger partial charge in [0, 0.05) is 23.0 Å². The van der Waals surface area contributed by atoms with E-state index in [0.29, 0.717) is 31.2 Å². The van der Waals surface area contributed by atoms with Crippen LogP contribution >= 0.6 is 31.8 Å². The Balaban J connectivity index is 0.000000808. The molecule has 5 nitrogen and oxygen atoms in total. The average Bonchev–Trinajstić information content (AvgIpc) is 2.75. The molecule has 31 heavy (non-hydrogen) atoms. The van der Waals surface area contributed by atoms with Crippen LogP contribution in [0.1, 0.15) is 62.8 Å². The number of hydrogen-bond donors (Lipinski definition) is 2. The van der Waals surface area contributed by atoms with Crippen molar-refractivity contribution < 1.29 is 13.1 Å². The molecule has 2 bridgehead atoms. The van der Waals surface area contributed by atoms with Crippen molar-refractivity contribution in [2.24, 2.45) is 0 Å². The molecule has 0 saturated heterocycles. The number of rotatable bonds is 0. The van der Waals surface area contributed by atoms with Crippen molar-refractivity contribution in [3.63, 3.8) is 0 Å². The van der Waals surface area contributed by atoms with Gasteiger partial charge in [-0.25, -0.2) is 0 Å². The predicted molar refractivity (Wildman–Crippen MR) is 123 cm³/mol. The third-order valence-corrected chi connectivity index (χ3v) is 6.26. The SMILES string of the molecule is Clc1cc2nc(c1)C[N-][C@@H]1CCCC[C@H]1NCCN[C-]1CCCC[C@H]1[N-]C2.[Cl][Mn][Cl].[Lr]. The van der Waals surface area contributed by atoms with Gasteiger partial charge in [0.2, 0.25) is 0 Å². The van der Waals surface area contributed by atoms with Gasteiger partial charge in [0.1, 0.15) is 0 Å². The van der Waals surface area contributed by atoms with Gasteiger partial charge in [-0.2, -0.15) is 6.42 Å². The van der Waals surface area contributed by atoms with E-state index < -0.39 is 0 Å². The first-order valence-electron chi connectivity index (χ1n) is 10.9. The van der Waals surface area contributed by atoms with Gasteiger partial charge in [0.05, 0.1) is 0 Å². The molecule has 3 atom stereocenters. The van der Waals surface area contributed by atoms with Gasteiger partial charge in [0.25, 0.3) is 0 Å². The molecule has 2 saturated carbocycles. The minimum atomic E-state index is 0. The molecule has 1 aromatic heterocycles. The van der Waals surface area contributed by atoms with E-state index in [9.17, 15) is 0 Å². The Morgan fingerprint density at radius 1 is 0.968 bits per heavy atom. The van der Waals surface area contributed by atoms with E-state index in [-0.39, 0.29) is 13.1 Å². The smallest absolute Gasteiger partial charge is 0 e. The molecule has 1 radical (unpaired) electrons. The number of hydrogen-bond acceptors (Lipinski definition) is 3. The molecular weight excluding hydrogens is 746 g/mol.